The van der Waals surface area contributed by atoms with Crippen molar-refractivity contribution >= 4 is 62.2 Å². The molecule has 1 aliphatic rings. The van der Waals surface area contributed by atoms with Gasteiger partial charge in [0.25, 0.3) is 11.6 Å². The molecule has 9 nitrogen and oxygen atoms in total. The molecule has 188 valence electrons. The lowest BCUT2D eigenvalue weighted by atomic mass is 10.1. The summed E-state index contributed by atoms with van der Waals surface area (Å²) in [5.41, 5.74) is 1.96. The summed E-state index contributed by atoms with van der Waals surface area (Å²) >= 11 is 4.66. The number of non-ortho nitro benzene ring substituents is 1. The molecule has 1 aliphatic heterocycles. The van der Waals surface area contributed by atoms with Gasteiger partial charge in [0, 0.05) is 28.7 Å². The number of hydrogen-bond donors (Lipinski definition) is 1. The highest BCUT2D eigenvalue weighted by atomic mass is 79.9. The summed E-state index contributed by atoms with van der Waals surface area (Å²) in [6.07, 6.45) is 1.72. The van der Waals surface area contributed by atoms with Gasteiger partial charge in [-0.3, -0.25) is 19.8 Å². The number of aromatic carboxylic acids is 1. The number of carbonyl (C=O) groups excluding carboxylic acids is 1. The summed E-state index contributed by atoms with van der Waals surface area (Å²) in [7, 11) is 0. The Morgan fingerprint density at radius 1 is 1.19 bits per heavy atom. The molecule has 1 heterocycles. The van der Waals surface area contributed by atoms with Crippen LogP contribution in [0.3, 0.4) is 0 Å². The van der Waals surface area contributed by atoms with Crippen LogP contribution >= 0.6 is 27.7 Å². The number of carbonyl (C=O) groups is 2. The van der Waals surface area contributed by atoms with Crippen LogP contribution in [0.25, 0.3) is 6.08 Å². The second kappa shape index (κ2) is 11.4. The Balaban J connectivity index is 1.60. The van der Waals surface area contributed by atoms with Crippen molar-refractivity contribution < 1.29 is 24.4 Å². The fraction of sp³-hybridized carbons (Fsp3) is 0.115. The molecule has 0 atom stereocenters. The molecule has 0 aliphatic carbocycles. The minimum atomic E-state index is -1.03. The normalized spacial score (nSPS) is 15.4. The van der Waals surface area contributed by atoms with E-state index in [0.717, 1.165) is 4.47 Å². The molecule has 0 unspecified atom stereocenters. The largest absolute Gasteiger partial charge is 0.488 e. The Morgan fingerprint density at radius 3 is 2.62 bits per heavy atom. The number of amides is 1. The number of likely N-dealkylation sites (N-methyl/N-ethyl adjacent to an activating group) is 1. The van der Waals surface area contributed by atoms with E-state index in [2.05, 4.69) is 20.9 Å². The first kappa shape index (κ1) is 26.1. The number of amidine groups is 1. The molecule has 0 spiro atoms. The Kier molecular flexibility index (Phi) is 8.04. The quantitative estimate of drug-likeness (QED) is 0.189. The van der Waals surface area contributed by atoms with Gasteiger partial charge < -0.3 is 9.84 Å². The van der Waals surface area contributed by atoms with E-state index in [1.54, 1.807) is 47.4 Å². The zero-order valence-electron chi connectivity index (χ0n) is 19.5. The first-order chi connectivity index (χ1) is 17.7. The van der Waals surface area contributed by atoms with Crippen molar-refractivity contribution in [3.05, 3.63) is 103 Å². The third kappa shape index (κ3) is 6.25. The Hall–Kier alpha value is -3.96. The minimum Gasteiger partial charge on any atom is -0.488 e. The van der Waals surface area contributed by atoms with Gasteiger partial charge >= 0.3 is 5.97 Å². The van der Waals surface area contributed by atoms with E-state index in [0.29, 0.717) is 39.2 Å². The number of nitro groups is 1. The van der Waals surface area contributed by atoms with Crippen LogP contribution in [0.5, 0.6) is 5.75 Å². The maximum atomic E-state index is 13.1. The second-order valence-corrected chi connectivity index (χ2v) is 9.73. The Morgan fingerprint density at radius 2 is 1.95 bits per heavy atom. The van der Waals surface area contributed by atoms with Gasteiger partial charge in [0.05, 0.1) is 21.1 Å². The molecule has 3 aromatic rings. The van der Waals surface area contributed by atoms with Crippen molar-refractivity contribution in [2.45, 2.75) is 13.5 Å². The number of aliphatic imine (C=N–C) groups is 1. The maximum absolute atomic E-state index is 13.1. The molecule has 1 saturated heterocycles. The number of rotatable bonds is 8. The van der Waals surface area contributed by atoms with Gasteiger partial charge in [-0.05, 0) is 72.8 Å². The van der Waals surface area contributed by atoms with Crippen LogP contribution in [-0.4, -0.2) is 38.5 Å². The standard InChI is InChI=1S/C26H20BrN3O6S/c1-2-29-24(31)23(37-26(29)28-20-9-6-17(7-10-20)25(32)33)14-18-13-19(27)8-11-22(18)36-15-16-4-3-5-21(12-16)30(34)35/h3-14H,2,15H2,1H3,(H,32,33)/b23-14-,28-26?. The number of ether oxygens (including phenoxy) is 1. The molecule has 0 aromatic heterocycles. The Labute approximate surface area is 224 Å². The van der Waals surface area contributed by atoms with Crippen LogP contribution in [0.2, 0.25) is 0 Å². The molecule has 4 rings (SSSR count). The van der Waals surface area contributed by atoms with Crippen molar-refractivity contribution in [1.82, 2.24) is 4.90 Å². The van der Waals surface area contributed by atoms with E-state index >= 15 is 0 Å². The first-order valence-corrected chi connectivity index (χ1v) is 12.6. The maximum Gasteiger partial charge on any atom is 0.335 e. The van der Waals surface area contributed by atoms with Gasteiger partial charge in [0.2, 0.25) is 0 Å². The topological polar surface area (TPSA) is 122 Å². The van der Waals surface area contributed by atoms with Crippen LogP contribution in [-0.2, 0) is 11.4 Å². The molecule has 11 heteroatoms. The van der Waals surface area contributed by atoms with Crippen LogP contribution in [0.4, 0.5) is 11.4 Å². The highest BCUT2D eigenvalue weighted by Gasteiger charge is 2.32. The minimum absolute atomic E-state index is 0.0173. The van der Waals surface area contributed by atoms with Crippen molar-refractivity contribution in [1.29, 1.82) is 0 Å². The number of carboxylic acid groups (broad SMARTS) is 1. The molecule has 37 heavy (non-hydrogen) atoms. The zero-order valence-corrected chi connectivity index (χ0v) is 21.9. The van der Waals surface area contributed by atoms with Gasteiger partial charge in [-0.25, -0.2) is 9.79 Å². The van der Waals surface area contributed by atoms with Gasteiger partial charge in [-0.2, -0.15) is 0 Å². The van der Waals surface area contributed by atoms with E-state index in [4.69, 9.17) is 9.84 Å². The van der Waals surface area contributed by atoms with E-state index in [-0.39, 0.29) is 23.8 Å². The van der Waals surface area contributed by atoms with E-state index in [1.807, 2.05) is 13.0 Å². The highest BCUT2D eigenvalue weighted by molar-refractivity contribution is 9.10. The summed E-state index contributed by atoms with van der Waals surface area (Å²) in [5, 5.41) is 20.6. The van der Waals surface area contributed by atoms with Gasteiger partial charge in [-0.1, -0.05) is 28.1 Å². The number of carboxylic acids is 1. The summed E-state index contributed by atoms with van der Waals surface area (Å²) in [6.45, 7) is 2.36. The molecule has 0 saturated carbocycles. The van der Waals surface area contributed by atoms with Crippen LogP contribution in [0.1, 0.15) is 28.4 Å². The molecular formula is C26H20BrN3O6S. The number of nitrogens with zero attached hydrogens (tertiary/aromatic N) is 3. The summed E-state index contributed by atoms with van der Waals surface area (Å²) in [4.78, 5) is 41.4. The lowest BCUT2D eigenvalue weighted by Gasteiger charge is -2.12. The summed E-state index contributed by atoms with van der Waals surface area (Å²) in [5.74, 6) is -0.728. The van der Waals surface area contributed by atoms with Crippen molar-refractivity contribution in [2.75, 3.05) is 6.54 Å². The van der Waals surface area contributed by atoms with E-state index in [9.17, 15) is 19.7 Å². The lowest BCUT2D eigenvalue weighted by Crippen LogP contribution is -2.28. The SMILES string of the molecule is CCN1C(=O)/C(=C/c2cc(Br)ccc2OCc2cccc([N+](=O)[O-])c2)SC1=Nc1ccc(C(=O)O)cc1. The number of halogens is 1. The van der Waals surface area contributed by atoms with Crippen LogP contribution in [0.15, 0.2) is 81.1 Å². The zero-order chi connectivity index (χ0) is 26.5. The third-order valence-electron chi connectivity index (χ3n) is 5.32. The van der Waals surface area contributed by atoms with Crippen molar-refractivity contribution in [3.63, 3.8) is 0 Å². The molecule has 0 bridgehead atoms. The number of thioether (sulfide) groups is 1. The number of hydrogen-bond acceptors (Lipinski definition) is 7. The molecular weight excluding hydrogens is 562 g/mol. The molecule has 1 amide bonds. The van der Waals surface area contributed by atoms with E-state index in [1.165, 1.54) is 36.0 Å². The predicted octanol–water partition coefficient (Wildman–Crippen LogP) is 6.26. The molecule has 0 radical (unpaired) electrons. The Bertz CT molecular complexity index is 1440. The average Bonchev–Trinajstić information content (AvgIpc) is 3.17. The third-order valence-corrected chi connectivity index (χ3v) is 6.82. The summed E-state index contributed by atoms with van der Waals surface area (Å²) < 4.78 is 6.75. The monoisotopic (exact) mass is 581 g/mol. The van der Waals surface area contributed by atoms with Gasteiger partial charge in [0.15, 0.2) is 5.17 Å². The summed E-state index contributed by atoms with van der Waals surface area (Å²) in [6, 6.07) is 17.7. The first-order valence-electron chi connectivity index (χ1n) is 11.0. The van der Waals surface area contributed by atoms with Gasteiger partial charge in [0.1, 0.15) is 12.4 Å². The number of nitro benzene ring substituents is 1. The second-order valence-electron chi connectivity index (χ2n) is 7.80. The number of benzene rings is 3. The van der Waals surface area contributed by atoms with Crippen LogP contribution in [0, 0.1) is 10.1 Å². The fourth-order valence-corrected chi connectivity index (χ4v) is 4.92. The van der Waals surface area contributed by atoms with Crippen LogP contribution < -0.4 is 4.74 Å². The smallest absolute Gasteiger partial charge is 0.335 e. The molecule has 3 aromatic carbocycles. The predicted molar refractivity (Wildman–Crippen MR) is 145 cm³/mol. The lowest BCUT2D eigenvalue weighted by molar-refractivity contribution is -0.384. The molecule has 1 fully saturated rings. The van der Waals surface area contributed by atoms with Gasteiger partial charge in [-0.15, -0.1) is 0 Å². The fourth-order valence-electron chi connectivity index (χ4n) is 3.48. The van der Waals surface area contributed by atoms with Crippen molar-refractivity contribution in [3.8, 4) is 5.75 Å². The van der Waals surface area contributed by atoms with Crippen molar-refractivity contribution in [2.24, 2.45) is 4.99 Å². The van der Waals surface area contributed by atoms with E-state index < -0.39 is 10.9 Å². The average molecular weight is 582 g/mol. The highest BCUT2D eigenvalue weighted by Crippen LogP contribution is 2.36. The molecule has 1 N–H and O–H groups in total.